The maximum Gasteiger partial charge on any atom is 0.268 e. The normalized spacial score (nSPS) is 12.3. The summed E-state index contributed by atoms with van der Waals surface area (Å²) < 4.78 is 13.0. The number of nitrogens with zero attached hydrogens (tertiary/aromatic N) is 4. The summed E-state index contributed by atoms with van der Waals surface area (Å²) in [6.45, 7) is 18.2. The van der Waals surface area contributed by atoms with Gasteiger partial charge in [-0.15, -0.1) is 29.7 Å². The van der Waals surface area contributed by atoms with E-state index in [-0.39, 0.29) is 37.3 Å². The summed E-state index contributed by atoms with van der Waals surface area (Å²) >= 11 is 0. The molecule has 3 heterocycles. The van der Waals surface area contributed by atoms with E-state index in [4.69, 9.17) is 9.72 Å². The van der Waals surface area contributed by atoms with E-state index >= 15 is 0 Å². The Hall–Kier alpha value is -5.77. The van der Waals surface area contributed by atoms with Gasteiger partial charge in [0.2, 0.25) is 0 Å². The van der Waals surface area contributed by atoms with E-state index in [1.54, 1.807) is 0 Å². The molecule has 0 aliphatic heterocycles. The number of rotatable bonds is 7. The van der Waals surface area contributed by atoms with E-state index < -0.39 is 0 Å². The summed E-state index contributed by atoms with van der Waals surface area (Å²) in [6.07, 6.45) is 5.60. The minimum Gasteiger partial charge on any atom is -0.510 e. The second-order valence-electron chi connectivity index (χ2n) is 17.9. The van der Waals surface area contributed by atoms with Crippen molar-refractivity contribution in [3.63, 3.8) is 0 Å². The molecule has 0 aliphatic rings. The van der Waals surface area contributed by atoms with Gasteiger partial charge in [0.05, 0.1) is 16.7 Å². The van der Waals surface area contributed by atoms with Crippen molar-refractivity contribution in [3.8, 4) is 28.7 Å². The van der Waals surface area contributed by atoms with Crippen LogP contribution in [0.1, 0.15) is 77.6 Å². The van der Waals surface area contributed by atoms with Crippen LogP contribution in [0.3, 0.4) is 0 Å². The molecule has 0 bridgehead atoms. The molecule has 0 fully saturated rings. The first-order valence-electron chi connectivity index (χ1n) is 20.1. The first-order valence-corrected chi connectivity index (χ1v) is 20.1. The van der Waals surface area contributed by atoms with Gasteiger partial charge in [-0.1, -0.05) is 140 Å². The molecule has 0 saturated carbocycles. The molecule has 9 rings (SSSR count). The van der Waals surface area contributed by atoms with E-state index in [0.29, 0.717) is 11.5 Å². The van der Waals surface area contributed by atoms with Crippen LogP contribution in [0.5, 0.6) is 11.5 Å². The van der Waals surface area contributed by atoms with Gasteiger partial charge in [0.15, 0.2) is 0 Å². The first-order chi connectivity index (χ1) is 27.8. The number of aromatic nitrogens is 4. The molecule has 59 heavy (non-hydrogen) atoms. The Kier molecular flexibility index (Phi) is 10.3. The molecular formula is C53H48N4OPt-2. The van der Waals surface area contributed by atoms with Crippen molar-refractivity contribution in [1.82, 2.24) is 14.1 Å². The molecule has 0 spiro atoms. The Labute approximate surface area is 362 Å². The van der Waals surface area contributed by atoms with Gasteiger partial charge in [0, 0.05) is 49.7 Å². The predicted molar refractivity (Wildman–Crippen MR) is 236 cm³/mol. The van der Waals surface area contributed by atoms with Gasteiger partial charge in [-0.25, -0.2) is 4.98 Å². The van der Waals surface area contributed by atoms with Crippen molar-refractivity contribution in [2.75, 3.05) is 0 Å². The van der Waals surface area contributed by atoms with Gasteiger partial charge in [0.1, 0.15) is 5.82 Å². The third kappa shape index (κ3) is 7.42. The largest absolute Gasteiger partial charge is 0.510 e. The van der Waals surface area contributed by atoms with Crippen molar-refractivity contribution in [2.45, 2.75) is 71.6 Å². The molecule has 0 radical (unpaired) electrons. The Morgan fingerprint density at radius 3 is 1.95 bits per heavy atom. The summed E-state index contributed by atoms with van der Waals surface area (Å²) in [5.74, 6) is 2.01. The Bertz CT molecular complexity index is 2950. The van der Waals surface area contributed by atoms with Crippen molar-refractivity contribution in [3.05, 3.63) is 186 Å². The molecule has 0 aliphatic carbocycles. The summed E-state index contributed by atoms with van der Waals surface area (Å²) in [4.78, 5) is 4.92. The zero-order valence-corrected chi connectivity index (χ0v) is 37.1. The molecule has 3 aromatic heterocycles. The summed E-state index contributed by atoms with van der Waals surface area (Å²) in [5, 5.41) is 2.22. The van der Waals surface area contributed by atoms with E-state index in [9.17, 15) is 0 Å². The summed E-state index contributed by atoms with van der Waals surface area (Å²) in [5.41, 5.74) is 10.7. The van der Waals surface area contributed by atoms with E-state index in [0.717, 1.165) is 50.0 Å². The van der Waals surface area contributed by atoms with Crippen LogP contribution >= 0.6 is 0 Å². The van der Waals surface area contributed by atoms with Gasteiger partial charge < -0.3 is 13.9 Å². The van der Waals surface area contributed by atoms with Gasteiger partial charge >= 0.3 is 0 Å². The molecule has 298 valence electrons. The summed E-state index contributed by atoms with van der Waals surface area (Å²) in [6, 6.07) is 56.1. The SMILES string of the molecule is CC(C)(C)c1cc(-[n+]2[c-]n(-c3[c-]c(Oc4[c-]c5c(cc4)c4ccccc4n5-c4cc(C(C)(C)c5ccccc5)ccn4)ccc3)c3ccccc32)cc(C(C)(C)C)c1.[Pt]. The quantitative estimate of drug-likeness (QED) is 0.118. The molecule has 6 aromatic carbocycles. The molecule has 9 aromatic rings. The second-order valence-corrected chi connectivity index (χ2v) is 17.9. The van der Waals surface area contributed by atoms with E-state index in [2.05, 4.69) is 203 Å². The number of fused-ring (bicyclic) bond motifs is 4. The topological polar surface area (TPSA) is 35.9 Å². The smallest absolute Gasteiger partial charge is 0.268 e. The van der Waals surface area contributed by atoms with Crippen LogP contribution in [-0.4, -0.2) is 14.1 Å². The van der Waals surface area contributed by atoms with Gasteiger partial charge in [-0.2, -0.15) is 18.2 Å². The van der Waals surface area contributed by atoms with Crippen LogP contribution in [0.4, 0.5) is 0 Å². The fourth-order valence-corrected chi connectivity index (χ4v) is 7.90. The molecule has 0 amide bonds. The van der Waals surface area contributed by atoms with Gasteiger partial charge in [-0.3, -0.25) is 4.57 Å². The Balaban J connectivity index is 0.00000484. The third-order valence-corrected chi connectivity index (χ3v) is 11.4. The Morgan fingerprint density at radius 2 is 1.22 bits per heavy atom. The standard InChI is InChI=1S/C53H48N4O.Pt/c1-51(2,3)38-29-39(52(4,5)6)31-41(30-38)56-35-55(47-23-14-15-24-48(47)56)40-19-16-20-42(33-40)58-43-25-26-45-44-21-12-13-22-46(44)57(49(45)34-43)50-32-37(27-28-54-50)53(7,8)36-17-10-9-11-18-36;/h9-32H,1-8H3;/q-2;. The number of imidazole rings is 1. The van der Waals surface area contributed by atoms with Crippen molar-refractivity contribution >= 4 is 32.8 Å². The van der Waals surface area contributed by atoms with Crippen LogP contribution in [0.25, 0.3) is 50.0 Å². The van der Waals surface area contributed by atoms with Gasteiger partial charge in [-0.05, 0) is 74.5 Å². The van der Waals surface area contributed by atoms with Gasteiger partial charge in [0.25, 0.3) is 6.33 Å². The van der Waals surface area contributed by atoms with E-state index in [1.807, 2.05) is 30.5 Å². The van der Waals surface area contributed by atoms with Crippen molar-refractivity contribution < 1.29 is 30.4 Å². The fourth-order valence-electron chi connectivity index (χ4n) is 7.90. The maximum absolute atomic E-state index is 6.60. The molecular weight excluding hydrogens is 904 g/mol. The number of ether oxygens (including phenoxy) is 1. The average molecular weight is 952 g/mol. The van der Waals surface area contributed by atoms with Crippen molar-refractivity contribution in [1.29, 1.82) is 0 Å². The number of pyridine rings is 1. The molecule has 0 unspecified atom stereocenters. The molecule has 5 nitrogen and oxygen atoms in total. The Morgan fingerprint density at radius 1 is 0.559 bits per heavy atom. The first kappa shape index (κ1) is 40.0. The van der Waals surface area contributed by atoms with E-state index in [1.165, 1.54) is 22.3 Å². The third-order valence-electron chi connectivity index (χ3n) is 11.4. The molecule has 6 heteroatoms. The number of para-hydroxylation sites is 3. The zero-order valence-electron chi connectivity index (χ0n) is 34.9. The van der Waals surface area contributed by atoms with Crippen LogP contribution in [0.15, 0.2) is 146 Å². The van der Waals surface area contributed by atoms with Crippen LogP contribution in [0, 0.1) is 18.5 Å². The van der Waals surface area contributed by atoms with Crippen molar-refractivity contribution in [2.24, 2.45) is 0 Å². The predicted octanol–water partition coefficient (Wildman–Crippen LogP) is 12.5. The second kappa shape index (κ2) is 15.1. The fraction of sp³-hybridized carbons (Fsp3) is 0.208. The minimum absolute atomic E-state index is 0. The number of hydrogen-bond donors (Lipinski definition) is 0. The van der Waals surface area contributed by atoms with Crippen LogP contribution < -0.4 is 9.30 Å². The number of hydrogen-bond acceptors (Lipinski definition) is 2. The summed E-state index contributed by atoms with van der Waals surface area (Å²) in [7, 11) is 0. The maximum atomic E-state index is 6.60. The molecule has 0 atom stereocenters. The number of benzene rings is 6. The monoisotopic (exact) mass is 951 g/mol. The molecule has 0 saturated heterocycles. The zero-order chi connectivity index (χ0) is 40.4. The minimum atomic E-state index is -0.218. The van der Waals surface area contributed by atoms with Crippen LogP contribution in [0.2, 0.25) is 0 Å². The van der Waals surface area contributed by atoms with Crippen LogP contribution in [-0.2, 0) is 37.3 Å². The average Bonchev–Trinajstić information content (AvgIpc) is 3.77. The molecule has 0 N–H and O–H groups in total.